The summed E-state index contributed by atoms with van der Waals surface area (Å²) >= 11 is 0. The Labute approximate surface area is 120 Å². The Balaban J connectivity index is 1.91. The molecule has 21 heavy (non-hydrogen) atoms. The third-order valence-corrected chi connectivity index (χ3v) is 3.75. The van der Waals surface area contributed by atoms with E-state index in [2.05, 4.69) is 5.32 Å². The molecule has 116 valence electrons. The Morgan fingerprint density at radius 3 is 2.52 bits per heavy atom. The van der Waals surface area contributed by atoms with Crippen LogP contribution < -0.4 is 5.32 Å². The van der Waals surface area contributed by atoms with Gasteiger partial charge >= 0.3 is 0 Å². The quantitative estimate of drug-likeness (QED) is 0.833. The first-order valence-electron chi connectivity index (χ1n) is 6.61. The molecule has 1 fully saturated rings. The van der Waals surface area contributed by atoms with Crippen LogP contribution in [0.3, 0.4) is 0 Å². The maximum absolute atomic E-state index is 13.4. The molecule has 0 spiro atoms. The number of amides is 1. The van der Waals surface area contributed by atoms with Gasteiger partial charge in [-0.05, 0) is 18.1 Å². The number of carbonyl (C=O) groups excluding carboxylic acids is 1. The molecule has 0 saturated carbocycles. The Morgan fingerprint density at radius 1 is 1.33 bits per heavy atom. The number of anilines is 1. The van der Waals surface area contributed by atoms with Crippen LogP contribution in [0.4, 0.5) is 18.9 Å². The number of carbonyl (C=O) groups is 1. The number of hydrogen-bond donors (Lipinski definition) is 2. The number of nitrogens with one attached hydrogen (secondary N) is 1. The molecule has 0 unspecified atom stereocenters. The number of benzene rings is 1. The van der Waals surface area contributed by atoms with Gasteiger partial charge in [-0.3, -0.25) is 9.69 Å². The fourth-order valence-electron chi connectivity index (χ4n) is 2.22. The van der Waals surface area contributed by atoms with E-state index < -0.39 is 34.6 Å². The van der Waals surface area contributed by atoms with E-state index >= 15 is 0 Å². The normalized spacial score (nSPS) is 17.7. The zero-order chi connectivity index (χ0) is 15.8. The molecule has 1 saturated heterocycles. The van der Waals surface area contributed by atoms with E-state index in [1.165, 1.54) is 0 Å². The number of halogens is 3. The average molecular weight is 302 g/mol. The van der Waals surface area contributed by atoms with Gasteiger partial charge in [0.05, 0.1) is 17.8 Å². The molecule has 2 N–H and O–H groups in total. The molecule has 4 nitrogen and oxygen atoms in total. The number of β-amino-alcohol motifs (C(OH)–C–C–N with tert-alkyl or cyclic N) is 1. The largest absolute Gasteiger partial charge is 0.387 e. The van der Waals surface area contributed by atoms with Crippen LogP contribution in [-0.4, -0.2) is 41.1 Å². The molecule has 1 aliphatic heterocycles. The van der Waals surface area contributed by atoms with Crippen LogP contribution in [0.2, 0.25) is 0 Å². The van der Waals surface area contributed by atoms with E-state index in [1.807, 2.05) is 13.8 Å². The zero-order valence-electron chi connectivity index (χ0n) is 11.8. The molecule has 1 aromatic rings. The minimum Gasteiger partial charge on any atom is -0.387 e. The smallest absolute Gasteiger partial charge is 0.238 e. The summed E-state index contributed by atoms with van der Waals surface area (Å²) in [5, 5.41) is 12.2. The van der Waals surface area contributed by atoms with Crippen LogP contribution in [0, 0.1) is 23.4 Å². The molecule has 0 atom stereocenters. The highest BCUT2D eigenvalue weighted by molar-refractivity contribution is 5.92. The van der Waals surface area contributed by atoms with Crippen molar-refractivity contribution in [2.24, 2.45) is 5.92 Å². The molecule has 1 aliphatic rings. The molecule has 7 heteroatoms. The second-order valence-electron chi connectivity index (χ2n) is 5.67. The number of hydrogen-bond acceptors (Lipinski definition) is 3. The van der Waals surface area contributed by atoms with Crippen molar-refractivity contribution in [1.82, 2.24) is 4.90 Å². The summed E-state index contributed by atoms with van der Waals surface area (Å²) in [6.07, 6.45) is 0. The monoisotopic (exact) mass is 302 g/mol. The minimum atomic E-state index is -1.62. The van der Waals surface area contributed by atoms with Crippen LogP contribution in [0.25, 0.3) is 0 Å². The lowest BCUT2D eigenvalue weighted by Crippen LogP contribution is -2.65. The highest BCUT2D eigenvalue weighted by Gasteiger charge is 2.43. The van der Waals surface area contributed by atoms with Gasteiger partial charge in [0, 0.05) is 13.1 Å². The molecule has 0 radical (unpaired) electrons. The summed E-state index contributed by atoms with van der Waals surface area (Å²) < 4.78 is 39.2. The van der Waals surface area contributed by atoms with Crippen LogP contribution in [0.15, 0.2) is 12.1 Å². The topological polar surface area (TPSA) is 52.6 Å². The van der Waals surface area contributed by atoms with Gasteiger partial charge < -0.3 is 10.4 Å². The van der Waals surface area contributed by atoms with Crippen molar-refractivity contribution in [1.29, 1.82) is 0 Å². The lowest BCUT2D eigenvalue weighted by molar-refractivity contribution is -0.139. The van der Waals surface area contributed by atoms with Crippen molar-refractivity contribution < 1.29 is 23.1 Å². The van der Waals surface area contributed by atoms with Crippen LogP contribution in [0.1, 0.15) is 13.8 Å². The summed E-state index contributed by atoms with van der Waals surface area (Å²) in [5.41, 5.74) is -1.22. The van der Waals surface area contributed by atoms with Crippen LogP contribution in [-0.2, 0) is 4.79 Å². The van der Waals surface area contributed by atoms with Crippen molar-refractivity contribution in [3.63, 3.8) is 0 Å². The van der Waals surface area contributed by atoms with E-state index in [0.717, 1.165) is 12.1 Å². The van der Waals surface area contributed by atoms with Crippen molar-refractivity contribution in [2.75, 3.05) is 25.0 Å². The van der Waals surface area contributed by atoms with E-state index in [9.17, 15) is 23.1 Å². The van der Waals surface area contributed by atoms with Gasteiger partial charge in [0.2, 0.25) is 5.91 Å². The predicted molar refractivity (Wildman–Crippen MR) is 71.2 cm³/mol. The first-order valence-corrected chi connectivity index (χ1v) is 6.61. The van der Waals surface area contributed by atoms with Crippen LogP contribution in [0.5, 0.6) is 0 Å². The summed E-state index contributed by atoms with van der Waals surface area (Å²) in [4.78, 5) is 13.4. The molecule has 0 aromatic heterocycles. The van der Waals surface area contributed by atoms with E-state index in [4.69, 9.17) is 0 Å². The average Bonchev–Trinajstić information content (AvgIpc) is 2.37. The van der Waals surface area contributed by atoms with E-state index in [1.54, 1.807) is 4.90 Å². The highest BCUT2D eigenvalue weighted by atomic mass is 19.2. The summed E-state index contributed by atoms with van der Waals surface area (Å²) in [6, 6.07) is 1.71. The van der Waals surface area contributed by atoms with Crippen LogP contribution >= 0.6 is 0 Å². The summed E-state index contributed by atoms with van der Waals surface area (Å²) in [6.45, 7) is 4.41. The van der Waals surface area contributed by atoms with Crippen molar-refractivity contribution in [3.8, 4) is 0 Å². The van der Waals surface area contributed by atoms with Crippen molar-refractivity contribution >= 4 is 11.6 Å². The van der Waals surface area contributed by atoms with Gasteiger partial charge in [0.1, 0.15) is 0 Å². The lowest BCUT2D eigenvalue weighted by atomic mass is 9.83. The van der Waals surface area contributed by atoms with Gasteiger partial charge in [0.15, 0.2) is 17.5 Å². The predicted octanol–water partition coefficient (Wildman–Crippen LogP) is 1.75. The molecule has 0 bridgehead atoms. The lowest BCUT2D eigenvalue weighted by Gasteiger charge is -2.48. The fourth-order valence-corrected chi connectivity index (χ4v) is 2.22. The third kappa shape index (κ3) is 3.19. The second-order valence-corrected chi connectivity index (χ2v) is 5.67. The Bertz CT molecular complexity index is 557. The standard InChI is InChI=1S/C14H17F3N2O2/c1-8(2)14(21)6-19(7-14)5-11(20)18-10-4-3-9(15)12(16)13(10)17/h3-4,8,21H,5-7H2,1-2H3,(H,18,20). The van der Waals surface area contributed by atoms with Crippen molar-refractivity contribution in [3.05, 3.63) is 29.6 Å². The number of aliphatic hydroxyl groups is 1. The summed E-state index contributed by atoms with van der Waals surface area (Å²) in [7, 11) is 0. The molecule has 0 aliphatic carbocycles. The molecule has 2 rings (SSSR count). The molecular formula is C14H17F3N2O2. The summed E-state index contributed by atoms with van der Waals surface area (Å²) in [5.74, 6) is -4.84. The van der Waals surface area contributed by atoms with E-state index in [0.29, 0.717) is 13.1 Å². The first-order chi connectivity index (χ1) is 9.73. The SMILES string of the molecule is CC(C)C1(O)CN(CC(=O)Nc2ccc(F)c(F)c2F)C1. The van der Waals surface area contributed by atoms with Gasteiger partial charge in [-0.15, -0.1) is 0 Å². The maximum Gasteiger partial charge on any atom is 0.238 e. The first kappa shape index (κ1) is 15.8. The van der Waals surface area contributed by atoms with Crippen molar-refractivity contribution in [2.45, 2.75) is 19.4 Å². The molecule has 1 heterocycles. The molecule has 1 amide bonds. The Kier molecular flexibility index (Phi) is 4.25. The van der Waals surface area contributed by atoms with Gasteiger partial charge in [0.25, 0.3) is 0 Å². The Hall–Kier alpha value is -1.60. The second kappa shape index (κ2) is 5.65. The molecule has 1 aromatic carbocycles. The van der Waals surface area contributed by atoms with Gasteiger partial charge in [-0.1, -0.05) is 13.8 Å². The van der Waals surface area contributed by atoms with E-state index in [-0.39, 0.29) is 12.5 Å². The number of nitrogens with zero attached hydrogens (tertiary/aromatic N) is 1. The molecular weight excluding hydrogens is 285 g/mol. The Morgan fingerprint density at radius 2 is 1.95 bits per heavy atom. The van der Waals surface area contributed by atoms with Gasteiger partial charge in [-0.25, -0.2) is 13.2 Å². The fraction of sp³-hybridized carbons (Fsp3) is 0.500. The third-order valence-electron chi connectivity index (χ3n) is 3.75. The maximum atomic E-state index is 13.4. The number of likely N-dealkylation sites (tertiary alicyclic amines) is 1. The zero-order valence-corrected chi connectivity index (χ0v) is 11.8. The highest BCUT2D eigenvalue weighted by Crippen LogP contribution is 2.28. The number of rotatable bonds is 4. The van der Waals surface area contributed by atoms with Gasteiger partial charge in [-0.2, -0.15) is 0 Å². The minimum absolute atomic E-state index is 0.0481.